The minimum Gasteiger partial charge on any atom is -0.394 e. The second kappa shape index (κ2) is 6.18. The molecule has 0 spiro atoms. The number of nitrogens with zero attached hydrogens (tertiary/aromatic N) is 1. The summed E-state index contributed by atoms with van der Waals surface area (Å²) in [5.74, 6) is 0.240. The Bertz CT molecular complexity index is 495. The van der Waals surface area contributed by atoms with Crippen LogP contribution in [0.2, 0.25) is 0 Å². The van der Waals surface area contributed by atoms with Gasteiger partial charge in [0, 0.05) is 17.7 Å². The zero-order chi connectivity index (χ0) is 14.7. The number of amides is 1. The van der Waals surface area contributed by atoms with Gasteiger partial charge in [0.1, 0.15) is 0 Å². The van der Waals surface area contributed by atoms with Gasteiger partial charge in [-0.2, -0.15) is 0 Å². The Morgan fingerprint density at radius 2 is 1.85 bits per heavy atom. The summed E-state index contributed by atoms with van der Waals surface area (Å²) in [6.45, 7) is 4.26. The average Bonchev–Trinajstić information content (AvgIpc) is 2.46. The van der Waals surface area contributed by atoms with Crippen LogP contribution in [0.4, 0.5) is 0 Å². The summed E-state index contributed by atoms with van der Waals surface area (Å²) in [6, 6.07) is 6.62. The zero-order valence-corrected chi connectivity index (χ0v) is 12.0. The molecule has 4 heteroatoms. The third-order valence-corrected chi connectivity index (χ3v) is 4.10. The van der Waals surface area contributed by atoms with Crippen molar-refractivity contribution >= 4 is 11.7 Å². The van der Waals surface area contributed by atoms with E-state index in [0.717, 1.165) is 12.8 Å². The van der Waals surface area contributed by atoms with E-state index in [9.17, 15) is 14.7 Å². The van der Waals surface area contributed by atoms with Crippen LogP contribution >= 0.6 is 0 Å². The standard InChI is InChI=1S/C16H21NO3/c1-11-4-3-9-17(15(11)10-18)16(20)14-7-5-13(6-8-14)12(2)19/h5-8,11,15,18H,3-4,9-10H2,1-2H3. The molecule has 20 heavy (non-hydrogen) atoms. The lowest BCUT2D eigenvalue weighted by atomic mass is 9.90. The molecule has 0 bridgehead atoms. The van der Waals surface area contributed by atoms with Crippen LogP contribution in [0.1, 0.15) is 47.4 Å². The summed E-state index contributed by atoms with van der Waals surface area (Å²) < 4.78 is 0. The average molecular weight is 275 g/mol. The molecular formula is C16H21NO3. The monoisotopic (exact) mass is 275 g/mol. The van der Waals surface area contributed by atoms with Crippen LogP contribution in [0.15, 0.2) is 24.3 Å². The van der Waals surface area contributed by atoms with Crippen molar-refractivity contribution in [3.05, 3.63) is 35.4 Å². The zero-order valence-electron chi connectivity index (χ0n) is 12.0. The molecule has 1 aliphatic heterocycles. The molecule has 1 heterocycles. The highest BCUT2D eigenvalue weighted by atomic mass is 16.3. The van der Waals surface area contributed by atoms with Gasteiger partial charge in [-0.3, -0.25) is 9.59 Å². The smallest absolute Gasteiger partial charge is 0.254 e. The lowest BCUT2D eigenvalue weighted by molar-refractivity contribution is 0.0358. The highest BCUT2D eigenvalue weighted by molar-refractivity contribution is 5.97. The van der Waals surface area contributed by atoms with Crippen molar-refractivity contribution in [2.75, 3.05) is 13.2 Å². The molecule has 1 aromatic carbocycles. The molecule has 1 fully saturated rings. The topological polar surface area (TPSA) is 57.6 Å². The minimum atomic E-state index is -0.108. The van der Waals surface area contributed by atoms with E-state index in [1.807, 2.05) is 0 Å². The molecule has 1 amide bonds. The normalized spacial score (nSPS) is 22.6. The molecule has 0 aliphatic carbocycles. The Balaban J connectivity index is 2.19. The number of piperidine rings is 1. The fourth-order valence-corrected chi connectivity index (χ4v) is 2.79. The van der Waals surface area contributed by atoms with Crippen LogP contribution in [0, 0.1) is 5.92 Å². The largest absolute Gasteiger partial charge is 0.394 e. The number of hydrogen-bond acceptors (Lipinski definition) is 3. The SMILES string of the molecule is CC(=O)c1ccc(C(=O)N2CCCC(C)C2CO)cc1. The first kappa shape index (κ1) is 14.7. The molecule has 2 atom stereocenters. The van der Waals surface area contributed by atoms with Gasteiger partial charge in [0.05, 0.1) is 12.6 Å². The summed E-state index contributed by atoms with van der Waals surface area (Å²) >= 11 is 0. The van der Waals surface area contributed by atoms with E-state index < -0.39 is 0 Å². The maximum absolute atomic E-state index is 12.5. The van der Waals surface area contributed by atoms with Gasteiger partial charge in [-0.15, -0.1) is 0 Å². The molecule has 1 aliphatic rings. The molecule has 108 valence electrons. The number of benzene rings is 1. The van der Waals surface area contributed by atoms with Crippen molar-refractivity contribution < 1.29 is 14.7 Å². The molecule has 2 rings (SSSR count). The Hall–Kier alpha value is -1.68. The van der Waals surface area contributed by atoms with Gasteiger partial charge in [0.15, 0.2) is 5.78 Å². The van der Waals surface area contributed by atoms with Crippen LogP contribution in [-0.2, 0) is 0 Å². The van der Waals surface area contributed by atoms with Crippen LogP contribution in [0.5, 0.6) is 0 Å². The van der Waals surface area contributed by atoms with Crippen molar-refractivity contribution in [3.63, 3.8) is 0 Å². The van der Waals surface area contributed by atoms with Crippen molar-refractivity contribution in [2.24, 2.45) is 5.92 Å². The third kappa shape index (κ3) is 2.90. The molecule has 0 aromatic heterocycles. The number of hydrogen-bond donors (Lipinski definition) is 1. The van der Waals surface area contributed by atoms with Crippen molar-refractivity contribution in [2.45, 2.75) is 32.7 Å². The van der Waals surface area contributed by atoms with Crippen LogP contribution in [0.3, 0.4) is 0 Å². The molecule has 4 nitrogen and oxygen atoms in total. The Morgan fingerprint density at radius 3 is 2.40 bits per heavy atom. The molecule has 0 saturated carbocycles. The quantitative estimate of drug-likeness (QED) is 0.860. The number of ketones is 1. The summed E-state index contributed by atoms with van der Waals surface area (Å²) in [6.07, 6.45) is 2.01. The Morgan fingerprint density at radius 1 is 1.25 bits per heavy atom. The summed E-state index contributed by atoms with van der Waals surface area (Å²) in [5.41, 5.74) is 1.18. The Kier molecular flexibility index (Phi) is 4.55. The first-order valence-corrected chi connectivity index (χ1v) is 7.07. The maximum Gasteiger partial charge on any atom is 0.254 e. The minimum absolute atomic E-state index is 0.00155. The lowest BCUT2D eigenvalue weighted by Gasteiger charge is -2.39. The first-order valence-electron chi connectivity index (χ1n) is 7.07. The van der Waals surface area contributed by atoms with E-state index in [1.54, 1.807) is 29.2 Å². The highest BCUT2D eigenvalue weighted by Crippen LogP contribution is 2.24. The van der Waals surface area contributed by atoms with Crippen molar-refractivity contribution in [1.82, 2.24) is 4.90 Å². The second-order valence-corrected chi connectivity index (χ2v) is 5.50. The molecule has 1 aromatic rings. The number of aliphatic hydroxyl groups is 1. The first-order chi connectivity index (χ1) is 9.54. The van der Waals surface area contributed by atoms with E-state index in [-0.39, 0.29) is 24.3 Å². The van der Waals surface area contributed by atoms with Gasteiger partial charge in [-0.25, -0.2) is 0 Å². The molecule has 2 unspecified atom stereocenters. The van der Waals surface area contributed by atoms with Crippen molar-refractivity contribution in [1.29, 1.82) is 0 Å². The van der Waals surface area contributed by atoms with Gasteiger partial charge in [-0.1, -0.05) is 19.1 Å². The van der Waals surface area contributed by atoms with Crippen molar-refractivity contribution in [3.8, 4) is 0 Å². The second-order valence-electron chi connectivity index (χ2n) is 5.50. The van der Waals surface area contributed by atoms with Crippen LogP contribution in [-0.4, -0.2) is 40.9 Å². The van der Waals surface area contributed by atoms with E-state index in [4.69, 9.17) is 0 Å². The van der Waals surface area contributed by atoms with Crippen LogP contribution in [0.25, 0.3) is 0 Å². The predicted molar refractivity (Wildman–Crippen MR) is 76.8 cm³/mol. The number of likely N-dealkylation sites (tertiary alicyclic amines) is 1. The van der Waals surface area contributed by atoms with Gasteiger partial charge in [-0.05, 0) is 37.8 Å². The van der Waals surface area contributed by atoms with Gasteiger partial charge >= 0.3 is 0 Å². The third-order valence-electron chi connectivity index (χ3n) is 4.10. The van der Waals surface area contributed by atoms with Crippen LogP contribution < -0.4 is 0 Å². The van der Waals surface area contributed by atoms with Gasteiger partial charge < -0.3 is 10.0 Å². The lowest BCUT2D eigenvalue weighted by Crippen LogP contribution is -2.49. The summed E-state index contributed by atoms with van der Waals surface area (Å²) in [4.78, 5) is 25.5. The number of carbonyl (C=O) groups excluding carboxylic acids is 2. The summed E-state index contributed by atoms with van der Waals surface area (Å²) in [5, 5.41) is 9.51. The fraction of sp³-hybridized carbons (Fsp3) is 0.500. The molecule has 1 saturated heterocycles. The van der Waals surface area contributed by atoms with E-state index >= 15 is 0 Å². The number of rotatable bonds is 3. The number of aliphatic hydroxyl groups excluding tert-OH is 1. The number of Topliss-reactive ketones (excluding diaryl/α,β-unsaturated/α-hetero) is 1. The molecule has 0 radical (unpaired) electrons. The predicted octanol–water partition coefficient (Wildman–Crippen LogP) is 2.12. The molecular weight excluding hydrogens is 254 g/mol. The van der Waals surface area contributed by atoms with E-state index in [1.165, 1.54) is 6.92 Å². The van der Waals surface area contributed by atoms with Gasteiger partial charge in [0.2, 0.25) is 0 Å². The number of carbonyl (C=O) groups is 2. The maximum atomic E-state index is 12.5. The van der Waals surface area contributed by atoms with E-state index in [2.05, 4.69) is 6.92 Å². The molecule has 1 N–H and O–H groups in total. The highest BCUT2D eigenvalue weighted by Gasteiger charge is 2.31. The van der Waals surface area contributed by atoms with E-state index in [0.29, 0.717) is 23.6 Å². The fourth-order valence-electron chi connectivity index (χ4n) is 2.79. The summed E-state index contributed by atoms with van der Waals surface area (Å²) in [7, 11) is 0. The Labute approximate surface area is 119 Å². The van der Waals surface area contributed by atoms with Gasteiger partial charge in [0.25, 0.3) is 5.91 Å².